The van der Waals surface area contributed by atoms with E-state index in [-0.39, 0.29) is 12.2 Å². The van der Waals surface area contributed by atoms with Gasteiger partial charge in [-0.15, -0.1) is 0 Å². The van der Waals surface area contributed by atoms with Crippen LogP contribution in [0.15, 0.2) is 0 Å². The lowest BCUT2D eigenvalue weighted by Crippen LogP contribution is -2.63. The molecular formula is C23H42N4O2. The van der Waals surface area contributed by atoms with Crippen LogP contribution >= 0.6 is 0 Å². The van der Waals surface area contributed by atoms with E-state index in [4.69, 9.17) is 4.74 Å². The fourth-order valence-corrected chi connectivity index (χ4v) is 6.10. The van der Waals surface area contributed by atoms with Crippen LogP contribution in [0.5, 0.6) is 0 Å². The zero-order chi connectivity index (χ0) is 20.1. The third kappa shape index (κ3) is 5.72. The van der Waals surface area contributed by atoms with Crippen molar-refractivity contribution >= 4 is 5.91 Å². The van der Waals surface area contributed by atoms with Crippen LogP contribution < -0.4 is 16.0 Å². The van der Waals surface area contributed by atoms with E-state index in [1.807, 2.05) is 7.11 Å². The molecule has 3 N–H and O–H groups in total. The number of rotatable bonds is 5. The van der Waals surface area contributed by atoms with Gasteiger partial charge in [0.05, 0.1) is 6.10 Å². The molecule has 29 heavy (non-hydrogen) atoms. The number of nitrogens with one attached hydrogen (secondary N) is 3. The summed E-state index contributed by atoms with van der Waals surface area (Å²) in [5, 5.41) is 11.2. The molecule has 2 aliphatic carbocycles. The highest BCUT2D eigenvalue weighted by Gasteiger charge is 2.34. The van der Waals surface area contributed by atoms with Gasteiger partial charge in [-0.05, 0) is 76.0 Å². The fraction of sp³-hybridized carbons (Fsp3) is 0.957. The summed E-state index contributed by atoms with van der Waals surface area (Å²) >= 11 is 0. The monoisotopic (exact) mass is 406 g/mol. The SMILES string of the molecule is COC1CCC(C2CNC(NC3CCCC(C(=O)N4CCCCC4)C3)NC2)CC1. The maximum Gasteiger partial charge on any atom is 0.225 e. The Bertz CT molecular complexity index is 509. The Morgan fingerprint density at radius 2 is 1.62 bits per heavy atom. The molecule has 0 aromatic rings. The van der Waals surface area contributed by atoms with Crippen molar-refractivity contribution in [1.29, 1.82) is 0 Å². The summed E-state index contributed by atoms with van der Waals surface area (Å²) in [5.41, 5.74) is 0. The van der Waals surface area contributed by atoms with E-state index in [2.05, 4.69) is 20.9 Å². The second kappa shape index (κ2) is 10.6. The smallest absolute Gasteiger partial charge is 0.225 e. The van der Waals surface area contributed by atoms with Crippen LogP contribution in [0.2, 0.25) is 0 Å². The van der Waals surface area contributed by atoms with E-state index in [0.717, 1.165) is 50.9 Å². The predicted molar refractivity (Wildman–Crippen MR) is 115 cm³/mol. The van der Waals surface area contributed by atoms with Crippen LogP contribution in [0.1, 0.15) is 70.6 Å². The molecule has 2 atom stereocenters. The third-order valence-corrected chi connectivity index (χ3v) is 7.98. The quantitative estimate of drug-likeness (QED) is 0.654. The molecule has 2 heterocycles. The van der Waals surface area contributed by atoms with Crippen LogP contribution in [0.4, 0.5) is 0 Å². The Morgan fingerprint density at radius 3 is 2.31 bits per heavy atom. The number of ether oxygens (including phenoxy) is 1. The minimum Gasteiger partial charge on any atom is -0.381 e. The first kappa shape index (κ1) is 21.5. The summed E-state index contributed by atoms with van der Waals surface area (Å²) in [4.78, 5) is 15.0. The topological polar surface area (TPSA) is 65.6 Å². The minimum atomic E-state index is 0.190. The number of nitrogens with zero attached hydrogens (tertiary/aromatic N) is 1. The van der Waals surface area contributed by atoms with Crippen LogP contribution in [0.25, 0.3) is 0 Å². The van der Waals surface area contributed by atoms with Crippen molar-refractivity contribution in [2.75, 3.05) is 33.3 Å². The summed E-state index contributed by atoms with van der Waals surface area (Å²) in [7, 11) is 1.85. The molecule has 0 bridgehead atoms. The van der Waals surface area contributed by atoms with Crippen molar-refractivity contribution in [3.63, 3.8) is 0 Å². The minimum absolute atomic E-state index is 0.190. The molecule has 4 fully saturated rings. The number of likely N-dealkylation sites (tertiary alicyclic amines) is 1. The number of piperidine rings is 1. The van der Waals surface area contributed by atoms with E-state index in [0.29, 0.717) is 18.1 Å². The average molecular weight is 407 g/mol. The lowest BCUT2D eigenvalue weighted by atomic mass is 9.78. The lowest BCUT2D eigenvalue weighted by Gasteiger charge is -2.41. The standard InChI is InChI=1S/C23H42N4O2/c1-29-21-10-8-17(9-11-21)19-15-24-23(25-16-19)26-20-7-5-6-18(14-20)22(28)27-12-3-2-4-13-27/h17-21,23-26H,2-16H2,1H3. The molecule has 4 aliphatic rings. The van der Waals surface area contributed by atoms with Gasteiger partial charge in [0, 0.05) is 45.2 Å². The molecular weight excluding hydrogens is 364 g/mol. The van der Waals surface area contributed by atoms with Gasteiger partial charge >= 0.3 is 0 Å². The molecule has 6 heteroatoms. The van der Waals surface area contributed by atoms with Crippen molar-refractivity contribution in [2.45, 2.75) is 89.1 Å². The van der Waals surface area contributed by atoms with Crippen molar-refractivity contribution < 1.29 is 9.53 Å². The molecule has 4 rings (SSSR count). The summed E-state index contributed by atoms with van der Waals surface area (Å²) in [5.74, 6) is 2.20. The van der Waals surface area contributed by atoms with E-state index >= 15 is 0 Å². The highest BCUT2D eigenvalue weighted by Crippen LogP contribution is 2.32. The maximum absolute atomic E-state index is 12.9. The predicted octanol–water partition coefficient (Wildman–Crippen LogP) is 2.45. The second-order valence-corrected chi connectivity index (χ2v) is 9.90. The van der Waals surface area contributed by atoms with Crippen LogP contribution in [-0.2, 0) is 9.53 Å². The molecule has 6 nitrogen and oxygen atoms in total. The van der Waals surface area contributed by atoms with E-state index < -0.39 is 0 Å². The van der Waals surface area contributed by atoms with E-state index in [9.17, 15) is 4.79 Å². The van der Waals surface area contributed by atoms with Gasteiger partial charge in [0.2, 0.25) is 5.91 Å². The highest BCUT2D eigenvalue weighted by atomic mass is 16.5. The van der Waals surface area contributed by atoms with Crippen molar-refractivity contribution in [2.24, 2.45) is 17.8 Å². The molecule has 0 aromatic carbocycles. The number of carbonyl (C=O) groups excluding carboxylic acids is 1. The molecule has 0 radical (unpaired) electrons. The first-order valence-electron chi connectivity index (χ1n) is 12.3. The van der Waals surface area contributed by atoms with Gasteiger partial charge in [-0.25, -0.2) is 0 Å². The Labute approximate surface area is 176 Å². The number of carbonyl (C=O) groups is 1. The van der Waals surface area contributed by atoms with E-state index in [1.54, 1.807) is 0 Å². The van der Waals surface area contributed by atoms with E-state index in [1.165, 1.54) is 57.8 Å². The Balaban J connectivity index is 1.19. The Kier molecular flexibility index (Phi) is 7.84. The first-order chi connectivity index (χ1) is 14.2. The van der Waals surface area contributed by atoms with Crippen molar-refractivity contribution in [3.8, 4) is 0 Å². The summed E-state index contributed by atoms with van der Waals surface area (Å²) in [6.45, 7) is 4.14. The zero-order valence-corrected chi connectivity index (χ0v) is 18.3. The van der Waals surface area contributed by atoms with Crippen LogP contribution in [0.3, 0.4) is 0 Å². The van der Waals surface area contributed by atoms with Gasteiger partial charge in [-0.1, -0.05) is 6.42 Å². The van der Waals surface area contributed by atoms with Gasteiger partial charge in [0.1, 0.15) is 6.29 Å². The maximum atomic E-state index is 12.9. The molecule has 166 valence electrons. The molecule has 2 saturated carbocycles. The van der Waals surface area contributed by atoms with Crippen LogP contribution in [-0.4, -0.2) is 62.5 Å². The van der Waals surface area contributed by atoms with Gasteiger partial charge in [-0.3, -0.25) is 20.7 Å². The molecule has 0 spiro atoms. The first-order valence-corrected chi connectivity index (χ1v) is 12.3. The molecule has 1 amide bonds. The molecule has 2 saturated heterocycles. The summed E-state index contributed by atoms with van der Waals surface area (Å²) in [6, 6.07) is 0.446. The number of amides is 1. The fourth-order valence-electron chi connectivity index (χ4n) is 6.10. The molecule has 0 aromatic heterocycles. The number of hydrogen-bond donors (Lipinski definition) is 3. The van der Waals surface area contributed by atoms with Gasteiger partial charge < -0.3 is 9.64 Å². The summed E-state index contributed by atoms with van der Waals surface area (Å²) < 4.78 is 5.52. The largest absolute Gasteiger partial charge is 0.381 e. The number of methoxy groups -OCH3 is 1. The van der Waals surface area contributed by atoms with Crippen LogP contribution in [0, 0.1) is 17.8 Å². The van der Waals surface area contributed by atoms with Crippen molar-refractivity contribution in [1.82, 2.24) is 20.9 Å². The van der Waals surface area contributed by atoms with Gasteiger partial charge in [0.25, 0.3) is 0 Å². The Hall–Kier alpha value is -0.690. The zero-order valence-electron chi connectivity index (χ0n) is 18.3. The Morgan fingerprint density at radius 1 is 0.897 bits per heavy atom. The van der Waals surface area contributed by atoms with Gasteiger partial charge in [0.15, 0.2) is 0 Å². The molecule has 2 unspecified atom stereocenters. The molecule has 2 aliphatic heterocycles. The summed E-state index contributed by atoms with van der Waals surface area (Å²) in [6.07, 6.45) is 13.8. The normalized spacial score (nSPS) is 39.3. The average Bonchev–Trinajstić information content (AvgIpc) is 2.80. The highest BCUT2D eigenvalue weighted by molar-refractivity contribution is 5.79. The second-order valence-electron chi connectivity index (χ2n) is 9.90. The lowest BCUT2D eigenvalue weighted by molar-refractivity contribution is -0.137. The van der Waals surface area contributed by atoms with Crippen molar-refractivity contribution in [3.05, 3.63) is 0 Å². The van der Waals surface area contributed by atoms with Gasteiger partial charge in [-0.2, -0.15) is 0 Å². The third-order valence-electron chi connectivity index (χ3n) is 7.98. The number of hydrogen-bond acceptors (Lipinski definition) is 5.